The quantitative estimate of drug-likeness (QED) is 0.877. The lowest BCUT2D eigenvalue weighted by Crippen LogP contribution is -2.38. The summed E-state index contributed by atoms with van der Waals surface area (Å²) in [5, 5.41) is 7.21. The Balaban J connectivity index is 2.03. The molecule has 1 aromatic heterocycles. The van der Waals surface area contributed by atoms with E-state index in [4.69, 9.17) is 0 Å². The molecule has 1 aliphatic heterocycles. The molecule has 0 bridgehead atoms. The van der Waals surface area contributed by atoms with E-state index in [2.05, 4.69) is 17.3 Å². The zero-order chi connectivity index (χ0) is 14.5. The van der Waals surface area contributed by atoms with Gasteiger partial charge in [-0.25, -0.2) is 9.48 Å². The molecule has 0 unspecified atom stereocenters. The minimum absolute atomic E-state index is 0.0207. The summed E-state index contributed by atoms with van der Waals surface area (Å²) in [6.07, 6.45) is 6.02. The number of amides is 1. The highest BCUT2D eigenvalue weighted by molar-refractivity contribution is 5.75. The molecule has 6 heteroatoms. The van der Waals surface area contributed by atoms with Crippen molar-refractivity contribution in [1.29, 1.82) is 0 Å². The predicted octanol–water partition coefficient (Wildman–Crippen LogP) is 1.08. The van der Waals surface area contributed by atoms with E-state index < -0.39 is 0 Å². The van der Waals surface area contributed by atoms with E-state index in [1.807, 2.05) is 6.92 Å². The molecule has 1 N–H and O–H groups in total. The number of carbonyl (C=O) groups excluding carboxylic acids is 1. The second kappa shape index (κ2) is 6.72. The normalized spacial score (nSPS) is 16.3. The van der Waals surface area contributed by atoms with Crippen molar-refractivity contribution in [3.8, 4) is 0 Å². The van der Waals surface area contributed by atoms with Crippen molar-refractivity contribution in [2.24, 2.45) is 0 Å². The third-order valence-electron chi connectivity index (χ3n) is 3.70. The van der Waals surface area contributed by atoms with Crippen LogP contribution in [0.1, 0.15) is 51.8 Å². The number of hydrogen-bond donors (Lipinski definition) is 1. The first-order chi connectivity index (χ1) is 9.61. The SMILES string of the molecule is CCC[C@H](C)NC(=O)Cn1nc2n(c1=O)CCCCC2. The van der Waals surface area contributed by atoms with Crippen LogP contribution in [0.5, 0.6) is 0 Å². The largest absolute Gasteiger partial charge is 0.352 e. The molecule has 0 fully saturated rings. The molecule has 1 aromatic rings. The molecule has 0 saturated carbocycles. The molecule has 2 rings (SSSR count). The molecule has 0 radical (unpaired) electrons. The maximum absolute atomic E-state index is 12.2. The van der Waals surface area contributed by atoms with Gasteiger partial charge in [-0.05, 0) is 26.2 Å². The maximum Gasteiger partial charge on any atom is 0.346 e. The van der Waals surface area contributed by atoms with Crippen LogP contribution in [0.3, 0.4) is 0 Å². The molecular weight excluding hydrogens is 256 g/mol. The summed E-state index contributed by atoms with van der Waals surface area (Å²) >= 11 is 0. The van der Waals surface area contributed by atoms with Crippen LogP contribution in [-0.2, 0) is 24.3 Å². The van der Waals surface area contributed by atoms with Crippen LogP contribution >= 0.6 is 0 Å². The molecule has 1 aliphatic rings. The zero-order valence-electron chi connectivity index (χ0n) is 12.4. The number of hydrogen-bond acceptors (Lipinski definition) is 3. The molecule has 112 valence electrons. The van der Waals surface area contributed by atoms with Gasteiger partial charge in [0.15, 0.2) is 0 Å². The summed E-state index contributed by atoms with van der Waals surface area (Å²) < 4.78 is 3.02. The second-order valence-electron chi connectivity index (χ2n) is 5.58. The Bertz CT molecular complexity index is 518. The lowest BCUT2D eigenvalue weighted by molar-refractivity contribution is -0.122. The van der Waals surface area contributed by atoms with E-state index in [0.717, 1.165) is 50.9 Å². The Morgan fingerprint density at radius 2 is 2.20 bits per heavy atom. The summed E-state index contributed by atoms with van der Waals surface area (Å²) in [5.41, 5.74) is -0.153. The first-order valence-electron chi connectivity index (χ1n) is 7.57. The molecule has 0 saturated heterocycles. The second-order valence-corrected chi connectivity index (χ2v) is 5.58. The fourth-order valence-electron chi connectivity index (χ4n) is 2.69. The van der Waals surface area contributed by atoms with E-state index in [9.17, 15) is 9.59 Å². The van der Waals surface area contributed by atoms with Gasteiger partial charge in [0.1, 0.15) is 12.4 Å². The van der Waals surface area contributed by atoms with Crippen molar-refractivity contribution in [2.75, 3.05) is 0 Å². The Kier molecular flexibility index (Phi) is 4.98. The lowest BCUT2D eigenvalue weighted by atomic mass is 10.2. The van der Waals surface area contributed by atoms with Crippen molar-refractivity contribution in [2.45, 2.75) is 71.5 Å². The van der Waals surface area contributed by atoms with Crippen molar-refractivity contribution >= 4 is 5.91 Å². The van der Waals surface area contributed by atoms with Gasteiger partial charge in [-0.1, -0.05) is 19.8 Å². The van der Waals surface area contributed by atoms with Crippen molar-refractivity contribution in [3.63, 3.8) is 0 Å². The van der Waals surface area contributed by atoms with Crippen LogP contribution in [0.4, 0.5) is 0 Å². The Labute approximate surface area is 119 Å². The zero-order valence-corrected chi connectivity index (χ0v) is 12.4. The first kappa shape index (κ1) is 14.8. The smallest absolute Gasteiger partial charge is 0.346 e. The number of fused-ring (bicyclic) bond motifs is 1. The van der Waals surface area contributed by atoms with Gasteiger partial charge in [-0.3, -0.25) is 9.36 Å². The minimum Gasteiger partial charge on any atom is -0.352 e. The Morgan fingerprint density at radius 3 is 2.95 bits per heavy atom. The monoisotopic (exact) mass is 280 g/mol. The van der Waals surface area contributed by atoms with Crippen LogP contribution in [0, 0.1) is 0 Å². The average Bonchev–Trinajstić information content (AvgIpc) is 2.58. The fourth-order valence-corrected chi connectivity index (χ4v) is 2.69. The summed E-state index contributed by atoms with van der Waals surface area (Å²) in [7, 11) is 0. The highest BCUT2D eigenvalue weighted by atomic mass is 16.2. The fraction of sp³-hybridized carbons (Fsp3) is 0.786. The van der Waals surface area contributed by atoms with E-state index >= 15 is 0 Å². The van der Waals surface area contributed by atoms with Gasteiger partial charge >= 0.3 is 5.69 Å². The summed E-state index contributed by atoms with van der Waals surface area (Å²) in [5.74, 6) is 0.684. The first-order valence-corrected chi connectivity index (χ1v) is 7.57. The van der Waals surface area contributed by atoms with Crippen LogP contribution in [-0.4, -0.2) is 26.3 Å². The van der Waals surface area contributed by atoms with Crippen molar-refractivity contribution < 1.29 is 4.79 Å². The molecule has 20 heavy (non-hydrogen) atoms. The third kappa shape index (κ3) is 3.49. The van der Waals surface area contributed by atoms with E-state index in [1.165, 1.54) is 4.68 Å². The Morgan fingerprint density at radius 1 is 1.40 bits per heavy atom. The topological polar surface area (TPSA) is 68.9 Å². The molecule has 0 spiro atoms. The number of carbonyl (C=O) groups is 1. The van der Waals surface area contributed by atoms with E-state index in [-0.39, 0.29) is 24.2 Å². The van der Waals surface area contributed by atoms with Crippen LogP contribution in [0.25, 0.3) is 0 Å². The van der Waals surface area contributed by atoms with Gasteiger partial charge in [0.2, 0.25) is 5.91 Å². The summed E-state index contributed by atoms with van der Waals surface area (Å²) in [4.78, 5) is 24.1. The average molecular weight is 280 g/mol. The standard InChI is InChI=1S/C14H24N4O2/c1-3-7-11(2)15-13(19)10-18-14(20)17-9-6-4-5-8-12(17)16-18/h11H,3-10H2,1-2H3,(H,15,19)/t11-/m0/s1. The van der Waals surface area contributed by atoms with E-state index in [1.54, 1.807) is 4.57 Å². The number of rotatable bonds is 5. The molecule has 0 aromatic carbocycles. The molecule has 6 nitrogen and oxygen atoms in total. The van der Waals surface area contributed by atoms with Gasteiger partial charge in [-0.15, -0.1) is 0 Å². The molecular formula is C14H24N4O2. The van der Waals surface area contributed by atoms with Gasteiger partial charge < -0.3 is 5.32 Å². The highest BCUT2D eigenvalue weighted by Crippen LogP contribution is 2.10. The van der Waals surface area contributed by atoms with E-state index in [0.29, 0.717) is 0 Å². The molecule has 0 aliphatic carbocycles. The third-order valence-corrected chi connectivity index (χ3v) is 3.70. The molecule has 1 amide bonds. The number of nitrogens with one attached hydrogen (secondary N) is 1. The number of aromatic nitrogens is 3. The van der Waals surface area contributed by atoms with Gasteiger partial charge in [0.05, 0.1) is 0 Å². The minimum atomic E-state index is -0.153. The lowest BCUT2D eigenvalue weighted by Gasteiger charge is -2.12. The molecule has 1 atom stereocenters. The van der Waals surface area contributed by atoms with Crippen molar-refractivity contribution in [3.05, 3.63) is 16.3 Å². The van der Waals surface area contributed by atoms with Gasteiger partial charge in [0.25, 0.3) is 0 Å². The Hall–Kier alpha value is -1.59. The predicted molar refractivity (Wildman–Crippen MR) is 76.6 cm³/mol. The van der Waals surface area contributed by atoms with Crippen LogP contribution in [0.2, 0.25) is 0 Å². The number of nitrogens with zero attached hydrogens (tertiary/aromatic N) is 3. The van der Waals surface area contributed by atoms with Crippen molar-refractivity contribution in [1.82, 2.24) is 19.7 Å². The van der Waals surface area contributed by atoms with Gasteiger partial charge in [0, 0.05) is 19.0 Å². The van der Waals surface area contributed by atoms with Gasteiger partial charge in [-0.2, -0.15) is 5.10 Å². The molecule has 2 heterocycles. The van der Waals surface area contributed by atoms with Crippen LogP contribution in [0.15, 0.2) is 4.79 Å². The highest BCUT2D eigenvalue weighted by Gasteiger charge is 2.17. The number of aryl methyl sites for hydroxylation is 1. The summed E-state index contributed by atoms with van der Waals surface area (Å²) in [6, 6.07) is 0.142. The summed E-state index contributed by atoms with van der Waals surface area (Å²) in [6.45, 7) is 4.81. The van der Waals surface area contributed by atoms with Crippen LogP contribution < -0.4 is 11.0 Å². The maximum atomic E-state index is 12.2.